The first kappa shape index (κ1) is 8.66. The molecule has 1 aliphatic rings. The minimum atomic E-state index is 0.803. The second kappa shape index (κ2) is 3.85. The Morgan fingerprint density at radius 3 is 2.92 bits per heavy atom. The standard InChI is InChI=1S/C10H12N2S/c13-10-3-1-2-9(12-10)8-4-6-11-7-5-8/h1-4,11H,5-7H2,(H,12,13). The maximum Gasteiger partial charge on any atom is 0.103 e. The molecule has 13 heavy (non-hydrogen) atoms. The fourth-order valence-electron chi connectivity index (χ4n) is 1.50. The highest BCUT2D eigenvalue weighted by atomic mass is 32.1. The van der Waals surface area contributed by atoms with Gasteiger partial charge in [0.1, 0.15) is 4.64 Å². The van der Waals surface area contributed by atoms with E-state index >= 15 is 0 Å². The van der Waals surface area contributed by atoms with Gasteiger partial charge in [0.05, 0.1) is 0 Å². The van der Waals surface area contributed by atoms with Gasteiger partial charge in [0.25, 0.3) is 0 Å². The molecule has 2 nitrogen and oxygen atoms in total. The van der Waals surface area contributed by atoms with Crippen molar-refractivity contribution < 1.29 is 0 Å². The first-order valence-corrected chi connectivity index (χ1v) is 4.86. The minimum absolute atomic E-state index is 0.803. The monoisotopic (exact) mass is 192 g/mol. The van der Waals surface area contributed by atoms with Crippen molar-refractivity contribution in [2.75, 3.05) is 13.1 Å². The summed E-state index contributed by atoms with van der Waals surface area (Å²) < 4.78 is 0.803. The summed E-state index contributed by atoms with van der Waals surface area (Å²) in [6, 6.07) is 5.98. The van der Waals surface area contributed by atoms with Crippen LogP contribution < -0.4 is 5.32 Å². The predicted octanol–water partition coefficient (Wildman–Crippen LogP) is 2.12. The molecule has 0 saturated carbocycles. The van der Waals surface area contributed by atoms with Crippen LogP contribution in [0.4, 0.5) is 0 Å². The summed E-state index contributed by atoms with van der Waals surface area (Å²) >= 11 is 5.07. The van der Waals surface area contributed by atoms with Gasteiger partial charge in [-0.25, -0.2) is 0 Å². The van der Waals surface area contributed by atoms with E-state index in [4.69, 9.17) is 12.2 Å². The normalized spacial score (nSPS) is 16.8. The van der Waals surface area contributed by atoms with Crippen LogP contribution in [0.1, 0.15) is 12.1 Å². The van der Waals surface area contributed by atoms with Crippen LogP contribution in [0.15, 0.2) is 24.3 Å². The van der Waals surface area contributed by atoms with Crippen LogP contribution in [0.2, 0.25) is 0 Å². The molecule has 1 aromatic rings. The Hall–Kier alpha value is -0.930. The van der Waals surface area contributed by atoms with E-state index in [1.54, 1.807) is 0 Å². The van der Waals surface area contributed by atoms with Gasteiger partial charge in [0.2, 0.25) is 0 Å². The molecular weight excluding hydrogens is 180 g/mol. The summed E-state index contributed by atoms with van der Waals surface area (Å²) in [4.78, 5) is 3.20. The Balaban J connectivity index is 2.34. The fourth-order valence-corrected chi connectivity index (χ4v) is 1.69. The van der Waals surface area contributed by atoms with E-state index in [0.29, 0.717) is 0 Å². The maximum atomic E-state index is 5.07. The highest BCUT2D eigenvalue weighted by molar-refractivity contribution is 7.71. The molecule has 1 aliphatic heterocycles. The van der Waals surface area contributed by atoms with Crippen molar-refractivity contribution in [2.45, 2.75) is 6.42 Å². The van der Waals surface area contributed by atoms with Crippen LogP contribution >= 0.6 is 12.2 Å². The molecule has 0 spiro atoms. The lowest BCUT2D eigenvalue weighted by Crippen LogP contribution is -2.20. The molecule has 0 bridgehead atoms. The molecule has 0 aliphatic carbocycles. The lowest BCUT2D eigenvalue weighted by molar-refractivity contribution is 0.737. The molecule has 68 valence electrons. The highest BCUT2D eigenvalue weighted by Crippen LogP contribution is 2.16. The molecule has 2 N–H and O–H groups in total. The Morgan fingerprint density at radius 1 is 1.31 bits per heavy atom. The van der Waals surface area contributed by atoms with Crippen molar-refractivity contribution in [3.63, 3.8) is 0 Å². The zero-order valence-electron chi connectivity index (χ0n) is 7.34. The van der Waals surface area contributed by atoms with Gasteiger partial charge in [-0.3, -0.25) is 0 Å². The summed E-state index contributed by atoms with van der Waals surface area (Å²) in [5, 5.41) is 3.28. The van der Waals surface area contributed by atoms with Crippen molar-refractivity contribution in [2.24, 2.45) is 0 Å². The molecule has 2 rings (SSSR count). The molecule has 0 amide bonds. The van der Waals surface area contributed by atoms with Gasteiger partial charge in [-0.2, -0.15) is 0 Å². The zero-order chi connectivity index (χ0) is 9.10. The molecule has 1 aromatic heterocycles. The molecule has 0 radical (unpaired) electrons. The summed E-state index contributed by atoms with van der Waals surface area (Å²) in [6.45, 7) is 2.02. The Labute approximate surface area is 82.7 Å². The lowest BCUT2D eigenvalue weighted by Gasteiger charge is -2.13. The van der Waals surface area contributed by atoms with E-state index in [1.807, 2.05) is 12.1 Å². The Kier molecular flexibility index (Phi) is 2.57. The third kappa shape index (κ3) is 2.05. The molecule has 0 saturated heterocycles. The van der Waals surface area contributed by atoms with E-state index in [9.17, 15) is 0 Å². The number of H-pyrrole nitrogens is 1. The SMILES string of the molecule is S=c1cccc(C2=CCNCC2)[nH]1. The molecule has 0 unspecified atom stereocenters. The number of nitrogens with one attached hydrogen (secondary N) is 2. The molecule has 3 heteroatoms. The summed E-state index contributed by atoms with van der Waals surface area (Å²) in [7, 11) is 0. The van der Waals surface area contributed by atoms with Gasteiger partial charge < -0.3 is 10.3 Å². The van der Waals surface area contributed by atoms with Gasteiger partial charge in [-0.05, 0) is 30.7 Å². The summed E-state index contributed by atoms with van der Waals surface area (Å²) in [5.41, 5.74) is 2.53. The van der Waals surface area contributed by atoms with Crippen molar-refractivity contribution in [1.82, 2.24) is 10.3 Å². The van der Waals surface area contributed by atoms with Crippen LogP contribution in [0.5, 0.6) is 0 Å². The van der Waals surface area contributed by atoms with Crippen molar-refractivity contribution in [3.05, 3.63) is 34.6 Å². The van der Waals surface area contributed by atoms with Crippen LogP contribution in [0.3, 0.4) is 0 Å². The van der Waals surface area contributed by atoms with Crippen LogP contribution in [0.25, 0.3) is 5.57 Å². The Morgan fingerprint density at radius 2 is 2.23 bits per heavy atom. The van der Waals surface area contributed by atoms with Gasteiger partial charge in [0, 0.05) is 12.2 Å². The maximum absolute atomic E-state index is 5.07. The van der Waals surface area contributed by atoms with Crippen LogP contribution in [-0.4, -0.2) is 18.1 Å². The molecule has 0 atom stereocenters. The average molecular weight is 192 g/mol. The molecular formula is C10H12N2S. The molecule has 0 fully saturated rings. The topological polar surface area (TPSA) is 27.8 Å². The Bertz CT molecular complexity index is 379. The lowest BCUT2D eigenvalue weighted by atomic mass is 10.1. The number of aromatic amines is 1. The smallest absolute Gasteiger partial charge is 0.103 e. The van der Waals surface area contributed by atoms with E-state index in [0.717, 1.165) is 29.8 Å². The number of pyridine rings is 1. The van der Waals surface area contributed by atoms with Crippen molar-refractivity contribution in [3.8, 4) is 0 Å². The largest absolute Gasteiger partial charge is 0.346 e. The van der Waals surface area contributed by atoms with Crippen LogP contribution in [0, 0.1) is 4.64 Å². The second-order valence-corrected chi connectivity index (χ2v) is 3.55. The van der Waals surface area contributed by atoms with Crippen LogP contribution in [-0.2, 0) is 0 Å². The number of aromatic nitrogens is 1. The number of hydrogen-bond donors (Lipinski definition) is 2. The first-order chi connectivity index (χ1) is 6.36. The van der Waals surface area contributed by atoms with E-state index in [2.05, 4.69) is 22.4 Å². The summed E-state index contributed by atoms with van der Waals surface area (Å²) in [6.07, 6.45) is 3.29. The molecule has 0 aromatic carbocycles. The quantitative estimate of drug-likeness (QED) is 0.667. The second-order valence-electron chi connectivity index (χ2n) is 3.11. The third-order valence-electron chi connectivity index (χ3n) is 2.18. The van der Waals surface area contributed by atoms with Gasteiger partial charge in [-0.1, -0.05) is 24.4 Å². The molecule has 2 heterocycles. The number of rotatable bonds is 1. The first-order valence-electron chi connectivity index (χ1n) is 4.46. The fraction of sp³-hybridized carbons (Fsp3) is 0.300. The van der Waals surface area contributed by atoms with Crippen molar-refractivity contribution in [1.29, 1.82) is 0 Å². The third-order valence-corrected chi connectivity index (χ3v) is 2.42. The predicted molar refractivity (Wildman–Crippen MR) is 57.1 cm³/mol. The van der Waals surface area contributed by atoms with E-state index < -0.39 is 0 Å². The summed E-state index contributed by atoms with van der Waals surface area (Å²) in [5.74, 6) is 0. The average Bonchev–Trinajstić information content (AvgIpc) is 2.19. The van der Waals surface area contributed by atoms with E-state index in [-0.39, 0.29) is 0 Å². The highest BCUT2D eigenvalue weighted by Gasteiger charge is 2.04. The zero-order valence-corrected chi connectivity index (χ0v) is 8.16. The van der Waals surface area contributed by atoms with Gasteiger partial charge >= 0.3 is 0 Å². The van der Waals surface area contributed by atoms with Crippen molar-refractivity contribution >= 4 is 17.8 Å². The van der Waals surface area contributed by atoms with E-state index in [1.165, 1.54) is 5.57 Å². The minimum Gasteiger partial charge on any atom is -0.346 e. The van der Waals surface area contributed by atoms with Gasteiger partial charge in [-0.15, -0.1) is 0 Å². The number of hydrogen-bond acceptors (Lipinski definition) is 2. The van der Waals surface area contributed by atoms with Gasteiger partial charge in [0.15, 0.2) is 0 Å².